The van der Waals surface area contributed by atoms with E-state index in [0.717, 1.165) is 11.8 Å². The molecular formula is C16H13N5O3S. The lowest BCUT2D eigenvalue weighted by atomic mass is 9.97. The van der Waals surface area contributed by atoms with E-state index in [1.807, 2.05) is 0 Å². The number of nitrogens with one attached hydrogen (secondary N) is 2. The average molecular weight is 355 g/mol. The first-order chi connectivity index (χ1) is 12.1. The maximum atomic E-state index is 12.2. The molecule has 1 aromatic carbocycles. The van der Waals surface area contributed by atoms with Crippen molar-refractivity contribution in [3.05, 3.63) is 54.4 Å². The summed E-state index contributed by atoms with van der Waals surface area (Å²) < 4.78 is 0. The molecule has 2 heterocycles. The minimum absolute atomic E-state index is 0.0410. The van der Waals surface area contributed by atoms with Crippen LogP contribution in [0.4, 0.5) is 5.95 Å². The molecule has 8 nitrogen and oxygen atoms in total. The number of anilines is 1. The van der Waals surface area contributed by atoms with Crippen molar-refractivity contribution in [3.8, 4) is 0 Å². The van der Waals surface area contributed by atoms with Gasteiger partial charge in [-0.2, -0.15) is 4.99 Å². The highest BCUT2D eigenvalue weighted by molar-refractivity contribution is 8.14. The number of carbonyl (C=O) groups excluding carboxylic acids is 3. The predicted molar refractivity (Wildman–Crippen MR) is 92.9 cm³/mol. The van der Waals surface area contributed by atoms with Crippen molar-refractivity contribution < 1.29 is 14.4 Å². The summed E-state index contributed by atoms with van der Waals surface area (Å²) in [6.45, 7) is 0. The topological polar surface area (TPSA) is 113 Å². The smallest absolute Gasteiger partial charge is 0.265 e. The number of amidine groups is 1. The van der Waals surface area contributed by atoms with E-state index >= 15 is 0 Å². The van der Waals surface area contributed by atoms with E-state index in [-0.39, 0.29) is 22.8 Å². The van der Waals surface area contributed by atoms with Crippen molar-refractivity contribution >= 4 is 40.6 Å². The van der Waals surface area contributed by atoms with Gasteiger partial charge in [-0.05, 0) is 11.6 Å². The summed E-state index contributed by atoms with van der Waals surface area (Å²) in [6, 6.07) is 10.3. The first kappa shape index (κ1) is 16.8. The number of amides is 3. The number of carbonyl (C=O) groups is 3. The molecule has 0 saturated carbocycles. The van der Waals surface area contributed by atoms with Gasteiger partial charge in [0.25, 0.3) is 5.91 Å². The van der Waals surface area contributed by atoms with E-state index in [9.17, 15) is 14.4 Å². The molecular weight excluding hydrogens is 342 g/mol. The number of aromatic nitrogens is 2. The molecule has 2 N–H and O–H groups in total. The van der Waals surface area contributed by atoms with Crippen molar-refractivity contribution in [1.82, 2.24) is 15.3 Å². The highest BCUT2D eigenvalue weighted by atomic mass is 32.2. The third-order valence-corrected chi connectivity index (χ3v) is 4.11. The summed E-state index contributed by atoms with van der Waals surface area (Å²) in [7, 11) is 0. The van der Waals surface area contributed by atoms with Crippen LogP contribution in [-0.4, -0.2) is 38.6 Å². The van der Waals surface area contributed by atoms with Gasteiger partial charge in [0.15, 0.2) is 5.17 Å². The molecule has 1 unspecified atom stereocenters. The van der Waals surface area contributed by atoms with Crippen LogP contribution in [0.2, 0.25) is 0 Å². The van der Waals surface area contributed by atoms with Crippen LogP contribution < -0.4 is 10.6 Å². The van der Waals surface area contributed by atoms with Gasteiger partial charge in [0.2, 0.25) is 17.8 Å². The van der Waals surface area contributed by atoms with Gasteiger partial charge >= 0.3 is 0 Å². The zero-order valence-electron chi connectivity index (χ0n) is 12.9. The Hall–Kier alpha value is -3.07. The summed E-state index contributed by atoms with van der Waals surface area (Å²) in [5.41, 5.74) is 0.580. The number of hydrogen-bond donors (Lipinski definition) is 2. The van der Waals surface area contributed by atoms with Crippen molar-refractivity contribution in [1.29, 1.82) is 0 Å². The normalized spacial score (nSPS) is 16.8. The average Bonchev–Trinajstić information content (AvgIpc) is 2.61. The van der Waals surface area contributed by atoms with Crippen LogP contribution in [0.15, 0.2) is 53.8 Å². The third-order valence-electron chi connectivity index (χ3n) is 3.24. The Morgan fingerprint density at radius 1 is 1.12 bits per heavy atom. The molecule has 0 bridgehead atoms. The highest BCUT2D eigenvalue weighted by Crippen LogP contribution is 2.22. The minimum Gasteiger partial charge on any atom is -0.304 e. The maximum Gasteiger partial charge on any atom is 0.265 e. The summed E-state index contributed by atoms with van der Waals surface area (Å²) in [5, 5.41) is 5.16. The number of thioether (sulfide) groups is 1. The molecule has 0 spiro atoms. The van der Waals surface area contributed by atoms with E-state index in [2.05, 4.69) is 25.6 Å². The van der Waals surface area contributed by atoms with Crippen molar-refractivity contribution in [2.45, 2.75) is 5.92 Å². The number of nitrogens with zero attached hydrogens (tertiary/aromatic N) is 3. The van der Waals surface area contributed by atoms with Gasteiger partial charge in [0.05, 0.1) is 5.75 Å². The minimum atomic E-state index is -0.961. The zero-order valence-corrected chi connectivity index (χ0v) is 13.7. The van der Waals surface area contributed by atoms with Crippen LogP contribution in [0.1, 0.15) is 11.5 Å². The maximum absolute atomic E-state index is 12.2. The lowest BCUT2D eigenvalue weighted by Gasteiger charge is -2.19. The van der Waals surface area contributed by atoms with Gasteiger partial charge in [-0.1, -0.05) is 42.1 Å². The molecule has 1 aliphatic heterocycles. The Bertz CT molecular complexity index is 826. The van der Waals surface area contributed by atoms with Crippen LogP contribution in [0.3, 0.4) is 0 Å². The lowest BCUT2D eigenvalue weighted by Crippen LogP contribution is -2.41. The number of benzene rings is 1. The first-order valence-electron chi connectivity index (χ1n) is 7.31. The Morgan fingerprint density at radius 3 is 2.52 bits per heavy atom. The first-order valence-corrected chi connectivity index (χ1v) is 8.30. The second-order valence-corrected chi connectivity index (χ2v) is 5.96. The molecule has 1 aliphatic rings. The molecule has 2 aromatic rings. The van der Waals surface area contributed by atoms with E-state index in [0.29, 0.717) is 5.56 Å². The lowest BCUT2D eigenvalue weighted by molar-refractivity contribution is -0.129. The third kappa shape index (κ3) is 4.27. The van der Waals surface area contributed by atoms with E-state index in [4.69, 9.17) is 0 Å². The monoisotopic (exact) mass is 355 g/mol. The van der Waals surface area contributed by atoms with Gasteiger partial charge in [-0.3, -0.25) is 19.7 Å². The Labute approximate surface area is 147 Å². The van der Waals surface area contributed by atoms with E-state index < -0.39 is 17.7 Å². The molecule has 0 fully saturated rings. The van der Waals surface area contributed by atoms with Crippen LogP contribution >= 0.6 is 11.8 Å². The fourth-order valence-electron chi connectivity index (χ4n) is 2.15. The summed E-state index contributed by atoms with van der Waals surface area (Å²) in [6.07, 6.45) is 3.01. The summed E-state index contributed by atoms with van der Waals surface area (Å²) in [5.74, 6) is -2.20. The Kier molecular flexibility index (Phi) is 5.14. The van der Waals surface area contributed by atoms with Gasteiger partial charge in [-0.25, -0.2) is 9.97 Å². The van der Waals surface area contributed by atoms with Gasteiger partial charge in [-0.15, -0.1) is 0 Å². The van der Waals surface area contributed by atoms with Crippen LogP contribution in [0, 0.1) is 0 Å². The largest absolute Gasteiger partial charge is 0.304 e. The molecule has 0 saturated heterocycles. The van der Waals surface area contributed by atoms with Crippen molar-refractivity contribution in [2.75, 3.05) is 11.1 Å². The fourth-order valence-corrected chi connectivity index (χ4v) is 2.82. The van der Waals surface area contributed by atoms with E-state index in [1.165, 1.54) is 12.4 Å². The SMILES string of the molecule is O=C(CSC1=NC(=O)C(c2ccccc2)C(=O)N1)Nc1ncccn1. The van der Waals surface area contributed by atoms with Crippen LogP contribution in [0.5, 0.6) is 0 Å². The number of hydrogen-bond acceptors (Lipinski definition) is 6. The summed E-state index contributed by atoms with van der Waals surface area (Å²) in [4.78, 5) is 47.8. The zero-order chi connectivity index (χ0) is 17.6. The molecule has 9 heteroatoms. The predicted octanol–water partition coefficient (Wildman–Crippen LogP) is 0.944. The molecule has 25 heavy (non-hydrogen) atoms. The highest BCUT2D eigenvalue weighted by Gasteiger charge is 2.33. The molecule has 3 amide bonds. The van der Waals surface area contributed by atoms with Gasteiger partial charge < -0.3 is 5.32 Å². The summed E-state index contributed by atoms with van der Waals surface area (Å²) >= 11 is 0.959. The molecule has 0 aliphatic carbocycles. The second kappa shape index (κ2) is 7.67. The van der Waals surface area contributed by atoms with Gasteiger partial charge in [0.1, 0.15) is 5.92 Å². The molecule has 0 radical (unpaired) electrons. The fraction of sp³-hybridized carbons (Fsp3) is 0.125. The Balaban J connectivity index is 1.60. The molecule has 1 atom stereocenters. The number of aliphatic imine (C=N–C) groups is 1. The van der Waals surface area contributed by atoms with Crippen molar-refractivity contribution in [2.24, 2.45) is 4.99 Å². The second-order valence-electron chi connectivity index (χ2n) is 5.00. The van der Waals surface area contributed by atoms with Gasteiger partial charge in [0, 0.05) is 12.4 Å². The quantitative estimate of drug-likeness (QED) is 0.789. The molecule has 1 aromatic heterocycles. The Morgan fingerprint density at radius 2 is 1.84 bits per heavy atom. The molecule has 126 valence electrons. The van der Waals surface area contributed by atoms with E-state index in [1.54, 1.807) is 36.4 Å². The van der Waals surface area contributed by atoms with Crippen LogP contribution in [-0.2, 0) is 14.4 Å². The molecule has 3 rings (SSSR count). The van der Waals surface area contributed by atoms with Crippen LogP contribution in [0.25, 0.3) is 0 Å². The van der Waals surface area contributed by atoms with Crippen molar-refractivity contribution in [3.63, 3.8) is 0 Å². The number of rotatable bonds is 4. The standard InChI is InChI=1S/C16H13N5O3S/c22-11(19-15-17-7-4-8-18-15)9-25-16-20-13(23)12(14(24)21-16)10-5-2-1-3-6-10/h1-8,12H,9H2,(H,17,18,19,22)(H,20,21,23,24).